The molecule has 0 spiro atoms. The van der Waals surface area contributed by atoms with Crippen molar-refractivity contribution in [3.63, 3.8) is 0 Å². The molecular weight excluding hydrogens is 264 g/mol. The summed E-state index contributed by atoms with van der Waals surface area (Å²) in [4.78, 5) is 11.4. The molecule has 4 nitrogen and oxygen atoms in total. The number of carboxylic acids is 1. The fourth-order valence-corrected chi connectivity index (χ4v) is 2.16. The molecule has 4 heteroatoms. The number of nitrogens with zero attached hydrogens (tertiary/aromatic N) is 2. The topological polar surface area (TPSA) is 55.1 Å². The lowest BCUT2D eigenvalue weighted by molar-refractivity contribution is 0.0687. The van der Waals surface area contributed by atoms with Crippen molar-refractivity contribution >= 4 is 5.97 Å². The van der Waals surface area contributed by atoms with E-state index in [9.17, 15) is 9.90 Å². The van der Waals surface area contributed by atoms with Crippen LogP contribution in [0.25, 0.3) is 16.9 Å². The Kier molecular flexibility index (Phi) is 3.28. The second-order valence-corrected chi connectivity index (χ2v) is 4.83. The van der Waals surface area contributed by atoms with Crippen molar-refractivity contribution in [2.45, 2.75) is 6.92 Å². The molecule has 0 aliphatic heterocycles. The Labute approximate surface area is 122 Å². The Bertz CT molecular complexity index is 774. The Balaban J connectivity index is 2.13. The Morgan fingerprint density at radius 1 is 1.05 bits per heavy atom. The number of rotatable bonds is 3. The molecule has 1 aromatic heterocycles. The molecule has 21 heavy (non-hydrogen) atoms. The van der Waals surface area contributed by atoms with Crippen LogP contribution in [0.2, 0.25) is 0 Å². The molecule has 0 fully saturated rings. The van der Waals surface area contributed by atoms with E-state index in [0.717, 1.165) is 16.8 Å². The maximum absolute atomic E-state index is 11.4. The molecule has 0 saturated carbocycles. The van der Waals surface area contributed by atoms with E-state index >= 15 is 0 Å². The summed E-state index contributed by atoms with van der Waals surface area (Å²) in [5.41, 5.74) is 3.58. The van der Waals surface area contributed by atoms with Gasteiger partial charge in [-0.3, -0.25) is 0 Å². The van der Waals surface area contributed by atoms with Crippen molar-refractivity contribution in [1.82, 2.24) is 9.78 Å². The van der Waals surface area contributed by atoms with Crippen LogP contribution in [0.4, 0.5) is 0 Å². The highest BCUT2D eigenvalue weighted by Crippen LogP contribution is 2.22. The summed E-state index contributed by atoms with van der Waals surface area (Å²) in [6, 6.07) is 18.7. The van der Waals surface area contributed by atoms with E-state index in [1.54, 1.807) is 6.07 Å². The van der Waals surface area contributed by atoms with Crippen molar-refractivity contribution in [3.05, 3.63) is 71.9 Å². The van der Waals surface area contributed by atoms with Crippen LogP contribution in [0.5, 0.6) is 0 Å². The third kappa shape index (κ3) is 2.56. The molecule has 0 aliphatic rings. The third-order valence-electron chi connectivity index (χ3n) is 3.28. The van der Waals surface area contributed by atoms with Crippen molar-refractivity contribution in [1.29, 1.82) is 0 Å². The number of aromatic carboxylic acids is 1. The van der Waals surface area contributed by atoms with E-state index in [1.165, 1.54) is 4.68 Å². The van der Waals surface area contributed by atoms with E-state index in [-0.39, 0.29) is 5.69 Å². The maximum Gasteiger partial charge on any atom is 0.354 e. The number of benzene rings is 2. The average molecular weight is 278 g/mol. The van der Waals surface area contributed by atoms with Gasteiger partial charge in [0, 0.05) is 5.56 Å². The summed E-state index contributed by atoms with van der Waals surface area (Å²) in [6.07, 6.45) is 0. The molecular formula is C17H14N2O2. The van der Waals surface area contributed by atoms with Gasteiger partial charge in [-0.05, 0) is 25.1 Å². The molecule has 1 N–H and O–H groups in total. The number of para-hydroxylation sites is 1. The molecule has 104 valence electrons. The predicted molar refractivity (Wildman–Crippen MR) is 80.7 cm³/mol. The van der Waals surface area contributed by atoms with Crippen LogP contribution in [0, 0.1) is 6.92 Å². The zero-order valence-electron chi connectivity index (χ0n) is 11.5. The van der Waals surface area contributed by atoms with Crippen molar-refractivity contribution in [2.75, 3.05) is 0 Å². The molecule has 3 aromatic rings. The minimum absolute atomic E-state index is 0.150. The fraction of sp³-hybridized carbons (Fsp3) is 0.0588. The second kappa shape index (κ2) is 5.25. The van der Waals surface area contributed by atoms with Gasteiger partial charge in [0.15, 0.2) is 5.69 Å². The normalized spacial score (nSPS) is 10.5. The zero-order valence-corrected chi connectivity index (χ0v) is 11.5. The number of carbonyl (C=O) groups is 1. The summed E-state index contributed by atoms with van der Waals surface area (Å²) in [5.74, 6) is -0.996. The molecule has 0 bridgehead atoms. The van der Waals surface area contributed by atoms with E-state index in [0.29, 0.717) is 5.69 Å². The summed E-state index contributed by atoms with van der Waals surface area (Å²) in [6.45, 7) is 2.01. The van der Waals surface area contributed by atoms with E-state index < -0.39 is 5.97 Å². The van der Waals surface area contributed by atoms with Gasteiger partial charge >= 0.3 is 5.97 Å². The smallest absolute Gasteiger partial charge is 0.354 e. The molecule has 0 amide bonds. The molecule has 3 rings (SSSR count). The molecule has 0 atom stereocenters. The highest BCUT2D eigenvalue weighted by atomic mass is 16.4. The fourth-order valence-electron chi connectivity index (χ4n) is 2.16. The zero-order chi connectivity index (χ0) is 14.8. The number of aryl methyl sites for hydroxylation is 1. The molecule has 1 heterocycles. The van der Waals surface area contributed by atoms with Gasteiger partial charge in [-0.15, -0.1) is 0 Å². The van der Waals surface area contributed by atoms with Crippen LogP contribution in [-0.2, 0) is 0 Å². The lowest BCUT2D eigenvalue weighted by Gasteiger charge is -2.03. The second-order valence-electron chi connectivity index (χ2n) is 4.83. The minimum atomic E-state index is -0.996. The van der Waals surface area contributed by atoms with E-state index in [2.05, 4.69) is 5.10 Å². The van der Waals surface area contributed by atoms with Gasteiger partial charge in [0.25, 0.3) is 0 Å². The molecule has 2 aromatic carbocycles. The first-order valence-corrected chi connectivity index (χ1v) is 6.61. The Morgan fingerprint density at radius 3 is 2.33 bits per heavy atom. The van der Waals surface area contributed by atoms with Crippen molar-refractivity contribution in [3.8, 4) is 16.9 Å². The van der Waals surface area contributed by atoms with Crippen molar-refractivity contribution in [2.24, 2.45) is 0 Å². The first-order valence-electron chi connectivity index (χ1n) is 6.61. The first kappa shape index (κ1) is 13.1. The summed E-state index contributed by atoms with van der Waals surface area (Å²) >= 11 is 0. The SMILES string of the molecule is Cc1ccc(-c2cc(C(=O)O)n(-c3ccccc3)n2)cc1. The number of carboxylic acid groups (broad SMARTS) is 1. The lowest BCUT2D eigenvalue weighted by Crippen LogP contribution is -2.07. The largest absolute Gasteiger partial charge is 0.477 e. The third-order valence-corrected chi connectivity index (χ3v) is 3.28. The van der Waals surface area contributed by atoms with Crippen LogP contribution < -0.4 is 0 Å². The quantitative estimate of drug-likeness (QED) is 0.797. The Morgan fingerprint density at radius 2 is 1.71 bits per heavy atom. The van der Waals surface area contributed by atoms with Crippen LogP contribution in [0.3, 0.4) is 0 Å². The lowest BCUT2D eigenvalue weighted by atomic mass is 10.1. The predicted octanol–water partition coefficient (Wildman–Crippen LogP) is 3.55. The minimum Gasteiger partial charge on any atom is -0.477 e. The summed E-state index contributed by atoms with van der Waals surface area (Å²) in [5, 5.41) is 13.8. The molecule has 0 radical (unpaired) electrons. The van der Waals surface area contributed by atoms with Gasteiger partial charge in [-0.1, -0.05) is 48.0 Å². The van der Waals surface area contributed by atoms with Crippen LogP contribution in [0.15, 0.2) is 60.7 Å². The highest BCUT2D eigenvalue weighted by molar-refractivity contribution is 5.88. The number of hydrogen-bond donors (Lipinski definition) is 1. The van der Waals surface area contributed by atoms with E-state index in [1.807, 2.05) is 61.5 Å². The van der Waals surface area contributed by atoms with Crippen LogP contribution >= 0.6 is 0 Å². The maximum atomic E-state index is 11.4. The number of hydrogen-bond acceptors (Lipinski definition) is 2. The summed E-state index contributed by atoms with van der Waals surface area (Å²) < 4.78 is 1.46. The standard InChI is InChI=1S/C17H14N2O2/c1-12-7-9-13(10-8-12)15-11-16(17(20)21)19(18-15)14-5-3-2-4-6-14/h2-11H,1H3,(H,20,21). The summed E-state index contributed by atoms with van der Waals surface area (Å²) in [7, 11) is 0. The van der Waals surface area contributed by atoms with Gasteiger partial charge in [-0.25, -0.2) is 9.48 Å². The number of aromatic nitrogens is 2. The first-order chi connectivity index (χ1) is 10.1. The molecule has 0 aliphatic carbocycles. The monoisotopic (exact) mass is 278 g/mol. The van der Waals surface area contributed by atoms with Gasteiger partial charge in [0.2, 0.25) is 0 Å². The molecule has 0 saturated heterocycles. The highest BCUT2D eigenvalue weighted by Gasteiger charge is 2.16. The molecule has 0 unspecified atom stereocenters. The van der Waals surface area contributed by atoms with Crippen molar-refractivity contribution < 1.29 is 9.90 Å². The van der Waals surface area contributed by atoms with Crippen LogP contribution in [-0.4, -0.2) is 20.9 Å². The van der Waals surface area contributed by atoms with Gasteiger partial charge in [0.05, 0.1) is 11.4 Å². The van der Waals surface area contributed by atoms with Gasteiger partial charge in [0.1, 0.15) is 0 Å². The van der Waals surface area contributed by atoms with Gasteiger partial charge < -0.3 is 5.11 Å². The van der Waals surface area contributed by atoms with Crippen LogP contribution in [0.1, 0.15) is 16.1 Å². The average Bonchev–Trinajstić information content (AvgIpc) is 2.94. The Hall–Kier alpha value is -2.88. The van der Waals surface area contributed by atoms with Gasteiger partial charge in [-0.2, -0.15) is 5.10 Å². The van der Waals surface area contributed by atoms with E-state index in [4.69, 9.17) is 0 Å².